The van der Waals surface area contributed by atoms with Crippen molar-refractivity contribution in [2.45, 2.75) is 25.8 Å². The second kappa shape index (κ2) is 6.00. The normalized spacial score (nSPS) is 16.1. The van der Waals surface area contributed by atoms with Gasteiger partial charge < -0.3 is 14.4 Å². The minimum absolute atomic E-state index is 0.114. The molecule has 0 aliphatic carbocycles. The third kappa shape index (κ3) is 2.42. The van der Waals surface area contributed by atoms with Crippen LogP contribution in [0.3, 0.4) is 0 Å². The summed E-state index contributed by atoms with van der Waals surface area (Å²) in [6.45, 7) is 2.25. The molecule has 0 saturated carbocycles. The quantitative estimate of drug-likeness (QED) is 0.730. The van der Waals surface area contributed by atoms with Crippen LogP contribution in [-0.4, -0.2) is 27.2 Å². The highest BCUT2D eigenvalue weighted by Crippen LogP contribution is 2.37. The SMILES string of the molecule is CCOC(=O)c1c(O)c2cccc3c2n(c1=O)CC(c1cncs1)C3. The van der Waals surface area contributed by atoms with E-state index >= 15 is 0 Å². The van der Waals surface area contributed by atoms with Gasteiger partial charge in [-0.1, -0.05) is 12.1 Å². The highest BCUT2D eigenvalue weighted by molar-refractivity contribution is 7.09. The predicted molar refractivity (Wildman–Crippen MR) is 94.4 cm³/mol. The number of nitrogens with zero attached hydrogens (tertiary/aromatic N) is 2. The second-order valence-corrected chi connectivity index (χ2v) is 6.90. The Labute approximate surface area is 147 Å². The summed E-state index contributed by atoms with van der Waals surface area (Å²) < 4.78 is 6.55. The van der Waals surface area contributed by atoms with Crippen molar-refractivity contribution in [3.8, 4) is 5.75 Å². The average molecular weight is 356 g/mol. The van der Waals surface area contributed by atoms with Gasteiger partial charge in [-0.15, -0.1) is 11.3 Å². The van der Waals surface area contributed by atoms with E-state index in [1.54, 1.807) is 34.4 Å². The summed E-state index contributed by atoms with van der Waals surface area (Å²) in [7, 11) is 0. The molecule has 1 unspecified atom stereocenters. The smallest absolute Gasteiger partial charge is 0.347 e. The molecule has 0 amide bonds. The fourth-order valence-corrected chi connectivity index (χ4v) is 4.18. The largest absolute Gasteiger partial charge is 0.506 e. The third-order valence-electron chi connectivity index (χ3n) is 4.54. The number of carbonyl (C=O) groups is 1. The average Bonchev–Trinajstić information content (AvgIpc) is 3.14. The molecule has 6 nitrogen and oxygen atoms in total. The molecule has 1 aromatic carbocycles. The van der Waals surface area contributed by atoms with Crippen LogP contribution in [0.2, 0.25) is 0 Å². The van der Waals surface area contributed by atoms with Gasteiger partial charge in [-0.25, -0.2) is 4.79 Å². The van der Waals surface area contributed by atoms with Crippen LogP contribution in [-0.2, 0) is 17.7 Å². The Hall–Kier alpha value is -2.67. The van der Waals surface area contributed by atoms with E-state index < -0.39 is 11.5 Å². The highest BCUT2D eigenvalue weighted by atomic mass is 32.1. The molecule has 3 heterocycles. The van der Waals surface area contributed by atoms with Gasteiger partial charge in [0.2, 0.25) is 0 Å². The van der Waals surface area contributed by atoms with Crippen molar-refractivity contribution >= 4 is 28.2 Å². The van der Waals surface area contributed by atoms with Crippen molar-refractivity contribution in [2.75, 3.05) is 6.61 Å². The molecule has 0 saturated heterocycles. The number of benzene rings is 1. The van der Waals surface area contributed by atoms with Crippen LogP contribution in [0.25, 0.3) is 10.9 Å². The van der Waals surface area contributed by atoms with Gasteiger partial charge in [0.05, 0.1) is 17.6 Å². The Kier molecular flexibility index (Phi) is 3.80. The molecule has 1 aliphatic rings. The maximum Gasteiger partial charge on any atom is 0.347 e. The van der Waals surface area contributed by atoms with Crippen molar-refractivity contribution in [3.63, 3.8) is 0 Å². The van der Waals surface area contributed by atoms with Gasteiger partial charge in [-0.3, -0.25) is 9.78 Å². The zero-order valence-corrected chi connectivity index (χ0v) is 14.4. The third-order valence-corrected chi connectivity index (χ3v) is 5.48. The van der Waals surface area contributed by atoms with E-state index in [1.807, 2.05) is 18.3 Å². The van der Waals surface area contributed by atoms with Gasteiger partial charge in [0.1, 0.15) is 5.75 Å². The van der Waals surface area contributed by atoms with E-state index in [1.165, 1.54) is 0 Å². The van der Waals surface area contributed by atoms with Crippen LogP contribution in [0.15, 0.2) is 34.7 Å². The summed E-state index contributed by atoms with van der Waals surface area (Å²) in [6, 6.07) is 5.50. The second-order valence-electron chi connectivity index (χ2n) is 5.98. The number of carbonyl (C=O) groups excluding carboxylic acids is 1. The van der Waals surface area contributed by atoms with E-state index in [4.69, 9.17) is 4.74 Å². The Morgan fingerprint density at radius 2 is 2.32 bits per heavy atom. The van der Waals surface area contributed by atoms with E-state index in [-0.39, 0.29) is 23.8 Å². The Morgan fingerprint density at radius 1 is 1.48 bits per heavy atom. The molecule has 0 spiro atoms. The van der Waals surface area contributed by atoms with Crippen molar-refractivity contribution in [2.24, 2.45) is 0 Å². The lowest BCUT2D eigenvalue weighted by molar-refractivity contribution is 0.0520. The van der Waals surface area contributed by atoms with Crippen LogP contribution in [0, 0.1) is 0 Å². The Morgan fingerprint density at radius 3 is 3.04 bits per heavy atom. The first-order chi connectivity index (χ1) is 12.1. The minimum Gasteiger partial charge on any atom is -0.506 e. The summed E-state index contributed by atoms with van der Waals surface area (Å²) in [5.74, 6) is -0.975. The molecular formula is C18H16N2O4S. The van der Waals surface area contributed by atoms with Crippen LogP contribution in [0.5, 0.6) is 5.75 Å². The maximum atomic E-state index is 12.9. The molecule has 1 atom stereocenters. The number of aromatic hydroxyl groups is 1. The molecule has 4 rings (SSSR count). The predicted octanol–water partition coefficient (Wildman–Crippen LogP) is 2.68. The van der Waals surface area contributed by atoms with Crippen LogP contribution in [0.1, 0.15) is 33.6 Å². The van der Waals surface area contributed by atoms with Gasteiger partial charge in [0.15, 0.2) is 5.56 Å². The van der Waals surface area contributed by atoms with Gasteiger partial charge in [-0.05, 0) is 25.0 Å². The zero-order valence-electron chi connectivity index (χ0n) is 13.6. The molecule has 2 aromatic heterocycles. The Bertz CT molecular complexity index is 1020. The summed E-state index contributed by atoms with van der Waals surface area (Å²) in [5, 5.41) is 11.0. The van der Waals surface area contributed by atoms with E-state index in [0.29, 0.717) is 17.4 Å². The molecule has 3 aromatic rings. The zero-order chi connectivity index (χ0) is 17.6. The molecule has 0 radical (unpaired) electrons. The van der Waals surface area contributed by atoms with Gasteiger partial charge >= 0.3 is 5.97 Å². The molecule has 128 valence electrons. The molecule has 25 heavy (non-hydrogen) atoms. The van der Waals surface area contributed by atoms with E-state index in [2.05, 4.69) is 4.98 Å². The van der Waals surface area contributed by atoms with Crippen molar-refractivity contribution in [3.05, 3.63) is 56.3 Å². The molecule has 0 fully saturated rings. The number of esters is 1. The van der Waals surface area contributed by atoms with Crippen LogP contribution < -0.4 is 5.56 Å². The molecule has 1 aliphatic heterocycles. The van der Waals surface area contributed by atoms with Crippen molar-refractivity contribution < 1.29 is 14.6 Å². The fraction of sp³-hybridized carbons (Fsp3) is 0.278. The summed E-state index contributed by atoms with van der Waals surface area (Å²) in [5.41, 5.74) is 2.64. The standard InChI is InChI=1S/C18H16N2O4S/c1-2-24-18(23)14-16(21)12-5-3-4-10-6-11(13-7-19-9-25-13)8-20(15(10)12)17(14)22/h3-5,7,9,11,21H,2,6,8H2,1H3. The topological polar surface area (TPSA) is 81.4 Å². The first-order valence-electron chi connectivity index (χ1n) is 8.04. The number of rotatable bonds is 3. The number of para-hydroxylation sites is 1. The maximum absolute atomic E-state index is 12.9. The fourth-order valence-electron chi connectivity index (χ4n) is 3.47. The molecule has 1 N–H and O–H groups in total. The molecule has 0 bridgehead atoms. The van der Waals surface area contributed by atoms with Gasteiger partial charge in [-0.2, -0.15) is 0 Å². The highest BCUT2D eigenvalue weighted by Gasteiger charge is 2.29. The minimum atomic E-state index is -0.791. The summed E-state index contributed by atoms with van der Waals surface area (Å²) >= 11 is 1.55. The number of hydrogen-bond donors (Lipinski definition) is 1. The first kappa shape index (κ1) is 15.8. The van der Waals surface area contributed by atoms with Crippen molar-refractivity contribution in [1.82, 2.24) is 9.55 Å². The van der Waals surface area contributed by atoms with Crippen LogP contribution >= 0.6 is 11.3 Å². The molecular weight excluding hydrogens is 340 g/mol. The lowest BCUT2D eigenvalue weighted by Gasteiger charge is -2.26. The number of ether oxygens (including phenoxy) is 1. The first-order valence-corrected chi connectivity index (χ1v) is 8.92. The lowest BCUT2D eigenvalue weighted by Crippen LogP contribution is -2.33. The van der Waals surface area contributed by atoms with E-state index in [9.17, 15) is 14.7 Å². The monoisotopic (exact) mass is 356 g/mol. The summed E-state index contributed by atoms with van der Waals surface area (Å²) in [6.07, 6.45) is 2.58. The number of pyridine rings is 1. The van der Waals surface area contributed by atoms with Crippen LogP contribution in [0.4, 0.5) is 0 Å². The summed E-state index contributed by atoms with van der Waals surface area (Å²) in [4.78, 5) is 30.4. The number of thiazole rings is 1. The van der Waals surface area contributed by atoms with Gasteiger partial charge in [0, 0.05) is 28.9 Å². The van der Waals surface area contributed by atoms with Crippen molar-refractivity contribution in [1.29, 1.82) is 0 Å². The number of hydrogen-bond acceptors (Lipinski definition) is 6. The number of aromatic nitrogens is 2. The van der Waals surface area contributed by atoms with Gasteiger partial charge in [0.25, 0.3) is 5.56 Å². The Balaban J connectivity index is 1.97. The van der Waals surface area contributed by atoms with E-state index in [0.717, 1.165) is 16.9 Å². The molecule has 7 heteroatoms. The lowest BCUT2D eigenvalue weighted by atomic mass is 9.91.